The molecule has 0 aromatic heterocycles. The highest BCUT2D eigenvalue weighted by Crippen LogP contribution is 2.20. The number of hydrogen-bond acceptors (Lipinski definition) is 5. The van der Waals surface area contributed by atoms with Crippen LogP contribution in [0.4, 0.5) is 21.5 Å². The van der Waals surface area contributed by atoms with E-state index in [1.807, 2.05) is 30.3 Å². The third kappa shape index (κ3) is 6.05. The maximum atomic E-state index is 12.9. The molecular weight excluding hydrogens is 393 g/mol. The summed E-state index contributed by atoms with van der Waals surface area (Å²) in [6.45, 7) is 0. The van der Waals surface area contributed by atoms with Gasteiger partial charge in [0.15, 0.2) is 9.84 Å². The molecule has 0 spiro atoms. The standard InChI is InChI=1S/C21H18FN3O3S/c22-16-6-12-20(13-7-16)29(27,28)15-14-21(26)23-17-8-10-19(11-9-17)25-24-18-4-2-1-3-5-18/h1-13H,14-15H2,(H,23,26). The zero-order valence-corrected chi connectivity index (χ0v) is 16.1. The highest BCUT2D eigenvalue weighted by molar-refractivity contribution is 7.91. The first kappa shape index (κ1) is 20.3. The van der Waals surface area contributed by atoms with Crippen molar-refractivity contribution < 1.29 is 17.6 Å². The summed E-state index contributed by atoms with van der Waals surface area (Å²) in [5.74, 6) is -1.32. The lowest BCUT2D eigenvalue weighted by molar-refractivity contribution is -0.115. The summed E-state index contributed by atoms with van der Waals surface area (Å²) < 4.78 is 37.3. The van der Waals surface area contributed by atoms with E-state index in [1.54, 1.807) is 24.3 Å². The molecule has 0 unspecified atom stereocenters. The molecule has 3 aromatic carbocycles. The SMILES string of the molecule is O=C(CCS(=O)(=O)c1ccc(F)cc1)Nc1ccc(N=Nc2ccccc2)cc1. The van der Waals surface area contributed by atoms with E-state index in [1.165, 1.54) is 12.1 Å². The molecule has 0 aliphatic rings. The van der Waals surface area contributed by atoms with Crippen molar-refractivity contribution in [2.45, 2.75) is 11.3 Å². The Morgan fingerprint density at radius 1 is 0.828 bits per heavy atom. The molecule has 0 heterocycles. The van der Waals surface area contributed by atoms with Crippen molar-refractivity contribution in [3.8, 4) is 0 Å². The van der Waals surface area contributed by atoms with Gasteiger partial charge in [0.2, 0.25) is 5.91 Å². The number of carbonyl (C=O) groups is 1. The number of nitrogens with one attached hydrogen (secondary N) is 1. The van der Waals surface area contributed by atoms with E-state index in [9.17, 15) is 17.6 Å². The first-order valence-corrected chi connectivity index (χ1v) is 10.4. The van der Waals surface area contributed by atoms with Crippen LogP contribution >= 0.6 is 0 Å². The van der Waals surface area contributed by atoms with E-state index in [-0.39, 0.29) is 17.1 Å². The maximum absolute atomic E-state index is 12.9. The maximum Gasteiger partial charge on any atom is 0.225 e. The van der Waals surface area contributed by atoms with Crippen LogP contribution in [0.3, 0.4) is 0 Å². The molecule has 0 atom stereocenters. The molecule has 0 saturated carbocycles. The predicted molar refractivity (Wildman–Crippen MR) is 109 cm³/mol. The Labute approximate surface area is 168 Å². The summed E-state index contributed by atoms with van der Waals surface area (Å²) >= 11 is 0. The van der Waals surface area contributed by atoms with Gasteiger partial charge < -0.3 is 5.32 Å². The number of sulfone groups is 1. The van der Waals surface area contributed by atoms with Crippen LogP contribution in [0.25, 0.3) is 0 Å². The van der Waals surface area contributed by atoms with Gasteiger partial charge in [0, 0.05) is 12.1 Å². The molecule has 0 radical (unpaired) electrons. The fourth-order valence-electron chi connectivity index (χ4n) is 2.43. The minimum Gasteiger partial charge on any atom is -0.326 e. The topological polar surface area (TPSA) is 88.0 Å². The van der Waals surface area contributed by atoms with Crippen molar-refractivity contribution in [1.82, 2.24) is 0 Å². The van der Waals surface area contributed by atoms with Crippen molar-refractivity contribution in [3.63, 3.8) is 0 Å². The Hall–Kier alpha value is -3.39. The molecule has 0 bridgehead atoms. The third-order valence-electron chi connectivity index (χ3n) is 3.96. The summed E-state index contributed by atoms with van der Waals surface area (Å²) in [7, 11) is -3.66. The Morgan fingerprint density at radius 2 is 1.41 bits per heavy atom. The lowest BCUT2D eigenvalue weighted by Crippen LogP contribution is -2.17. The number of amides is 1. The number of carbonyl (C=O) groups excluding carboxylic acids is 1. The predicted octanol–water partition coefficient (Wildman–Crippen LogP) is 5.04. The van der Waals surface area contributed by atoms with Crippen LogP contribution in [0.15, 0.2) is 94.0 Å². The highest BCUT2D eigenvalue weighted by atomic mass is 32.2. The first-order valence-electron chi connectivity index (χ1n) is 8.77. The van der Waals surface area contributed by atoms with Crippen LogP contribution in [0, 0.1) is 5.82 Å². The van der Waals surface area contributed by atoms with E-state index in [2.05, 4.69) is 15.5 Å². The molecule has 0 aliphatic heterocycles. The number of hydrogen-bond donors (Lipinski definition) is 1. The zero-order chi connectivity index (χ0) is 20.7. The molecule has 1 amide bonds. The molecular formula is C21H18FN3O3S. The fourth-order valence-corrected chi connectivity index (χ4v) is 3.67. The van der Waals surface area contributed by atoms with Gasteiger partial charge in [-0.2, -0.15) is 10.2 Å². The molecule has 0 saturated heterocycles. The van der Waals surface area contributed by atoms with Gasteiger partial charge in [-0.25, -0.2) is 12.8 Å². The van der Waals surface area contributed by atoms with E-state index in [4.69, 9.17) is 0 Å². The van der Waals surface area contributed by atoms with Crippen LogP contribution in [0.2, 0.25) is 0 Å². The van der Waals surface area contributed by atoms with Gasteiger partial charge in [-0.15, -0.1) is 0 Å². The molecule has 3 rings (SSSR count). The normalized spacial score (nSPS) is 11.5. The summed E-state index contributed by atoms with van der Waals surface area (Å²) in [6, 6.07) is 20.5. The number of benzene rings is 3. The number of azo groups is 1. The summed E-state index contributed by atoms with van der Waals surface area (Å²) in [6.07, 6.45) is -0.213. The van der Waals surface area contributed by atoms with Gasteiger partial charge in [-0.3, -0.25) is 4.79 Å². The first-order chi connectivity index (χ1) is 13.9. The quantitative estimate of drug-likeness (QED) is 0.436. The van der Waals surface area contributed by atoms with Crippen LogP contribution < -0.4 is 5.32 Å². The lowest BCUT2D eigenvalue weighted by atomic mass is 10.3. The molecule has 3 aromatic rings. The number of anilines is 1. The Morgan fingerprint density at radius 3 is 2.03 bits per heavy atom. The fraction of sp³-hybridized carbons (Fsp3) is 0.0952. The van der Waals surface area contributed by atoms with Crippen LogP contribution in [-0.2, 0) is 14.6 Å². The number of rotatable bonds is 7. The Balaban J connectivity index is 1.54. The molecule has 0 fully saturated rings. The van der Waals surface area contributed by atoms with Crippen LogP contribution in [0.5, 0.6) is 0 Å². The van der Waals surface area contributed by atoms with E-state index in [0.29, 0.717) is 11.4 Å². The minimum atomic E-state index is -3.66. The molecule has 1 N–H and O–H groups in total. The van der Waals surface area contributed by atoms with Gasteiger partial charge >= 0.3 is 0 Å². The van der Waals surface area contributed by atoms with Crippen molar-refractivity contribution in [3.05, 3.63) is 84.7 Å². The smallest absolute Gasteiger partial charge is 0.225 e. The zero-order valence-electron chi connectivity index (χ0n) is 15.3. The van der Waals surface area contributed by atoms with E-state index in [0.717, 1.165) is 17.8 Å². The second kappa shape index (κ2) is 9.20. The summed E-state index contributed by atoms with van der Waals surface area (Å²) in [4.78, 5) is 12.0. The Bertz CT molecular complexity index is 1100. The lowest BCUT2D eigenvalue weighted by Gasteiger charge is -2.07. The third-order valence-corrected chi connectivity index (χ3v) is 5.69. The monoisotopic (exact) mass is 411 g/mol. The Kier molecular flexibility index (Phi) is 6.46. The average Bonchev–Trinajstić information content (AvgIpc) is 2.73. The van der Waals surface area contributed by atoms with Gasteiger partial charge in [0.25, 0.3) is 0 Å². The largest absolute Gasteiger partial charge is 0.326 e. The van der Waals surface area contributed by atoms with Crippen molar-refractivity contribution in [2.75, 3.05) is 11.1 Å². The molecule has 29 heavy (non-hydrogen) atoms. The van der Waals surface area contributed by atoms with Gasteiger partial charge in [0.05, 0.1) is 22.0 Å². The molecule has 8 heteroatoms. The van der Waals surface area contributed by atoms with Crippen LogP contribution in [-0.4, -0.2) is 20.1 Å². The second-order valence-corrected chi connectivity index (χ2v) is 8.26. The number of nitrogens with zero attached hydrogens (tertiary/aromatic N) is 2. The summed E-state index contributed by atoms with van der Waals surface area (Å²) in [5.41, 5.74) is 1.87. The van der Waals surface area contributed by atoms with Gasteiger partial charge in [0.1, 0.15) is 5.82 Å². The van der Waals surface area contributed by atoms with E-state index < -0.39 is 21.6 Å². The second-order valence-electron chi connectivity index (χ2n) is 6.15. The van der Waals surface area contributed by atoms with Crippen molar-refractivity contribution >= 4 is 32.8 Å². The molecule has 148 valence electrons. The average molecular weight is 411 g/mol. The van der Waals surface area contributed by atoms with Crippen molar-refractivity contribution in [1.29, 1.82) is 0 Å². The van der Waals surface area contributed by atoms with E-state index >= 15 is 0 Å². The van der Waals surface area contributed by atoms with Crippen molar-refractivity contribution in [2.24, 2.45) is 10.2 Å². The minimum absolute atomic E-state index is 0.0140. The number of halogens is 1. The van der Waals surface area contributed by atoms with Gasteiger partial charge in [-0.05, 0) is 60.7 Å². The molecule has 0 aliphatic carbocycles. The van der Waals surface area contributed by atoms with Gasteiger partial charge in [-0.1, -0.05) is 18.2 Å². The summed E-state index contributed by atoms with van der Waals surface area (Å²) in [5, 5.41) is 10.9. The van der Waals surface area contributed by atoms with Crippen LogP contribution in [0.1, 0.15) is 6.42 Å². The highest BCUT2D eigenvalue weighted by Gasteiger charge is 2.16. The molecule has 6 nitrogen and oxygen atoms in total.